The predicted octanol–water partition coefficient (Wildman–Crippen LogP) is 3.06. The summed E-state index contributed by atoms with van der Waals surface area (Å²) >= 11 is 1.51. The Kier molecular flexibility index (Phi) is 4.82. The summed E-state index contributed by atoms with van der Waals surface area (Å²) in [5, 5.41) is 9.16. The van der Waals surface area contributed by atoms with Crippen LogP contribution in [0.15, 0.2) is 16.0 Å². The van der Waals surface area contributed by atoms with Crippen molar-refractivity contribution in [1.29, 1.82) is 0 Å². The van der Waals surface area contributed by atoms with E-state index < -0.39 is 0 Å². The number of nitrogens with zero attached hydrogens (tertiary/aromatic N) is 2. The van der Waals surface area contributed by atoms with Gasteiger partial charge in [-0.15, -0.1) is 11.3 Å². The Hall–Kier alpha value is -1.66. The zero-order valence-corrected chi connectivity index (χ0v) is 14.7. The topological polar surface area (TPSA) is 58.4 Å². The van der Waals surface area contributed by atoms with Gasteiger partial charge in [-0.3, -0.25) is 9.69 Å². The lowest BCUT2D eigenvalue weighted by molar-refractivity contribution is 0.0912. The van der Waals surface area contributed by atoms with Crippen LogP contribution in [0.4, 0.5) is 0 Å². The normalized spacial score (nSPS) is 16.7. The minimum Gasteiger partial charge on any atom is -0.361 e. The molecule has 1 aliphatic rings. The van der Waals surface area contributed by atoms with Gasteiger partial charge in [0.15, 0.2) is 0 Å². The van der Waals surface area contributed by atoms with Crippen molar-refractivity contribution in [3.63, 3.8) is 0 Å². The van der Waals surface area contributed by atoms with Crippen LogP contribution in [0, 0.1) is 20.8 Å². The maximum Gasteiger partial charge on any atom is 0.261 e. The van der Waals surface area contributed by atoms with E-state index in [1.165, 1.54) is 16.9 Å². The van der Waals surface area contributed by atoms with Crippen LogP contribution >= 0.6 is 11.3 Å². The smallest absolute Gasteiger partial charge is 0.261 e. The predicted molar refractivity (Wildman–Crippen MR) is 90.8 cm³/mol. The molecule has 1 amide bonds. The lowest BCUT2D eigenvalue weighted by Gasteiger charge is -2.32. The number of aryl methyl sites for hydroxylation is 3. The molecule has 0 aromatic carbocycles. The molecule has 0 spiro atoms. The van der Waals surface area contributed by atoms with Crippen LogP contribution in [0.25, 0.3) is 0 Å². The number of likely N-dealkylation sites (tertiary alicyclic amines) is 1. The van der Waals surface area contributed by atoms with Gasteiger partial charge in [0.05, 0.1) is 10.6 Å². The standard InChI is InChI=1S/C17H23N3O2S/c1-11-6-9-23-16(11)17(21)18-14-4-7-20(8-5-14)10-15-12(2)19-22-13(15)3/h6,9,14H,4-5,7-8,10H2,1-3H3,(H,18,21). The van der Waals surface area contributed by atoms with Crippen molar-refractivity contribution in [2.45, 2.75) is 46.2 Å². The molecule has 0 unspecified atom stereocenters. The van der Waals surface area contributed by atoms with Gasteiger partial charge >= 0.3 is 0 Å². The van der Waals surface area contributed by atoms with Gasteiger partial charge < -0.3 is 9.84 Å². The number of thiophene rings is 1. The summed E-state index contributed by atoms with van der Waals surface area (Å²) in [5.41, 5.74) is 3.23. The molecule has 0 aliphatic carbocycles. The fraction of sp³-hybridized carbons (Fsp3) is 0.529. The van der Waals surface area contributed by atoms with Crippen molar-refractivity contribution in [1.82, 2.24) is 15.4 Å². The van der Waals surface area contributed by atoms with Crippen molar-refractivity contribution >= 4 is 17.2 Å². The molecule has 1 saturated heterocycles. The summed E-state index contributed by atoms with van der Waals surface area (Å²) < 4.78 is 5.23. The lowest BCUT2D eigenvalue weighted by atomic mass is 10.0. The van der Waals surface area contributed by atoms with Gasteiger partial charge in [0.2, 0.25) is 0 Å². The molecule has 1 aliphatic heterocycles. The van der Waals surface area contributed by atoms with Crippen LogP contribution in [-0.4, -0.2) is 35.1 Å². The minimum absolute atomic E-state index is 0.0710. The van der Waals surface area contributed by atoms with Crippen LogP contribution in [0.5, 0.6) is 0 Å². The Morgan fingerprint density at radius 1 is 1.39 bits per heavy atom. The first kappa shape index (κ1) is 16.2. The molecule has 124 valence electrons. The van der Waals surface area contributed by atoms with Crippen LogP contribution in [-0.2, 0) is 6.54 Å². The molecule has 0 saturated carbocycles. The third-order valence-electron chi connectivity index (χ3n) is 4.55. The van der Waals surface area contributed by atoms with Crippen molar-refractivity contribution < 1.29 is 9.32 Å². The van der Waals surface area contributed by atoms with Gasteiger partial charge in [-0.25, -0.2) is 0 Å². The second-order valence-electron chi connectivity index (χ2n) is 6.26. The monoisotopic (exact) mass is 333 g/mol. The second-order valence-corrected chi connectivity index (χ2v) is 7.18. The van der Waals surface area contributed by atoms with Crippen LogP contribution in [0.3, 0.4) is 0 Å². The molecule has 2 aromatic rings. The molecule has 5 nitrogen and oxygen atoms in total. The number of carbonyl (C=O) groups excluding carboxylic acids is 1. The van der Waals surface area contributed by atoms with Crippen LogP contribution < -0.4 is 5.32 Å². The fourth-order valence-electron chi connectivity index (χ4n) is 3.04. The van der Waals surface area contributed by atoms with E-state index in [4.69, 9.17) is 4.52 Å². The van der Waals surface area contributed by atoms with Crippen LogP contribution in [0.1, 0.15) is 45.1 Å². The molecule has 1 fully saturated rings. The molecule has 0 atom stereocenters. The largest absolute Gasteiger partial charge is 0.361 e. The van der Waals surface area contributed by atoms with Gasteiger partial charge in [0.1, 0.15) is 5.76 Å². The average molecular weight is 333 g/mol. The Balaban J connectivity index is 1.51. The molecular weight excluding hydrogens is 310 g/mol. The number of carbonyl (C=O) groups is 1. The van der Waals surface area contributed by atoms with Crippen molar-refractivity contribution in [3.8, 4) is 0 Å². The first-order valence-electron chi connectivity index (χ1n) is 8.03. The highest BCUT2D eigenvalue weighted by Crippen LogP contribution is 2.20. The number of aromatic nitrogens is 1. The minimum atomic E-state index is 0.0710. The second kappa shape index (κ2) is 6.84. The third kappa shape index (κ3) is 3.64. The van der Waals surface area contributed by atoms with Gasteiger partial charge in [-0.2, -0.15) is 0 Å². The van der Waals surface area contributed by atoms with Crippen LogP contribution in [0.2, 0.25) is 0 Å². The number of hydrogen-bond acceptors (Lipinski definition) is 5. The molecule has 3 rings (SSSR count). The molecule has 3 heterocycles. The zero-order valence-electron chi connectivity index (χ0n) is 13.9. The highest BCUT2D eigenvalue weighted by molar-refractivity contribution is 7.12. The summed E-state index contributed by atoms with van der Waals surface area (Å²) in [6.45, 7) is 8.79. The average Bonchev–Trinajstić information content (AvgIpc) is 3.09. The Morgan fingerprint density at radius 3 is 2.70 bits per heavy atom. The maximum atomic E-state index is 12.3. The molecule has 1 N–H and O–H groups in total. The van der Waals surface area contributed by atoms with Gasteiger partial charge in [-0.05, 0) is 50.6 Å². The van der Waals surface area contributed by atoms with E-state index in [2.05, 4.69) is 15.4 Å². The van der Waals surface area contributed by atoms with E-state index in [0.29, 0.717) is 0 Å². The zero-order chi connectivity index (χ0) is 16.4. The summed E-state index contributed by atoms with van der Waals surface area (Å²) in [5.74, 6) is 0.979. The Labute approximate surface area is 140 Å². The quantitative estimate of drug-likeness (QED) is 0.934. The maximum absolute atomic E-state index is 12.3. The molecule has 0 radical (unpaired) electrons. The van der Waals surface area contributed by atoms with Crippen molar-refractivity contribution in [2.24, 2.45) is 0 Å². The van der Waals surface area contributed by atoms with E-state index in [-0.39, 0.29) is 11.9 Å². The van der Waals surface area contributed by atoms with Gasteiger partial charge in [0.25, 0.3) is 5.91 Å². The van der Waals surface area contributed by atoms with E-state index in [0.717, 1.165) is 54.4 Å². The molecule has 23 heavy (non-hydrogen) atoms. The van der Waals surface area contributed by atoms with E-state index in [1.807, 2.05) is 32.2 Å². The fourth-order valence-corrected chi connectivity index (χ4v) is 3.87. The van der Waals surface area contributed by atoms with E-state index >= 15 is 0 Å². The lowest BCUT2D eigenvalue weighted by Crippen LogP contribution is -2.44. The molecular formula is C17H23N3O2S. The Bertz CT molecular complexity index is 664. The summed E-state index contributed by atoms with van der Waals surface area (Å²) in [6.07, 6.45) is 1.97. The number of amides is 1. The molecule has 6 heteroatoms. The SMILES string of the molecule is Cc1ccsc1C(=O)NC1CCN(Cc2c(C)noc2C)CC1. The number of rotatable bonds is 4. The summed E-state index contributed by atoms with van der Waals surface area (Å²) in [7, 11) is 0. The highest BCUT2D eigenvalue weighted by Gasteiger charge is 2.23. The number of nitrogens with one attached hydrogen (secondary N) is 1. The van der Waals surface area contributed by atoms with Crippen molar-refractivity contribution in [3.05, 3.63) is 38.9 Å². The summed E-state index contributed by atoms with van der Waals surface area (Å²) in [4.78, 5) is 15.5. The van der Waals surface area contributed by atoms with Gasteiger partial charge in [-0.1, -0.05) is 5.16 Å². The summed E-state index contributed by atoms with van der Waals surface area (Å²) in [6, 6.07) is 2.26. The molecule has 2 aromatic heterocycles. The number of hydrogen-bond donors (Lipinski definition) is 1. The number of piperidine rings is 1. The Morgan fingerprint density at radius 2 is 2.13 bits per heavy atom. The highest BCUT2D eigenvalue weighted by atomic mass is 32.1. The van der Waals surface area contributed by atoms with E-state index in [1.54, 1.807) is 0 Å². The first-order chi connectivity index (χ1) is 11.0. The van der Waals surface area contributed by atoms with Crippen molar-refractivity contribution in [2.75, 3.05) is 13.1 Å². The third-order valence-corrected chi connectivity index (χ3v) is 5.57. The molecule has 0 bridgehead atoms. The first-order valence-corrected chi connectivity index (χ1v) is 8.91. The van der Waals surface area contributed by atoms with Gasteiger partial charge in [0, 0.05) is 31.2 Å². The van der Waals surface area contributed by atoms with E-state index in [9.17, 15) is 4.79 Å².